The Hall–Kier alpha value is -1.03. The molecular formula is C12H16ClN3O. The van der Waals surface area contributed by atoms with Crippen molar-refractivity contribution in [2.75, 3.05) is 11.4 Å². The van der Waals surface area contributed by atoms with E-state index in [-0.39, 0.29) is 11.3 Å². The summed E-state index contributed by atoms with van der Waals surface area (Å²) >= 11 is 6.04. The van der Waals surface area contributed by atoms with Crippen LogP contribution in [0.3, 0.4) is 0 Å². The molecule has 2 aliphatic rings. The molecule has 0 spiro atoms. The number of hydrogen-bond acceptors (Lipinski definition) is 2. The average molecular weight is 254 g/mol. The van der Waals surface area contributed by atoms with E-state index in [2.05, 4.69) is 5.10 Å². The van der Waals surface area contributed by atoms with Gasteiger partial charge in [-0.25, -0.2) is 4.68 Å². The number of rotatable bonds is 2. The minimum Gasteiger partial charge on any atom is -0.295 e. The molecule has 1 aromatic heterocycles. The molecule has 0 bridgehead atoms. The Kier molecular flexibility index (Phi) is 2.82. The van der Waals surface area contributed by atoms with Crippen LogP contribution in [0.2, 0.25) is 0 Å². The molecule has 0 N–H and O–H groups in total. The summed E-state index contributed by atoms with van der Waals surface area (Å²) in [6, 6.07) is 2.38. The van der Waals surface area contributed by atoms with Crippen LogP contribution in [0.15, 0.2) is 12.3 Å². The SMILES string of the molecule is O=C1CC(Cl)CN1c1ccnn1C1CCCC1. The van der Waals surface area contributed by atoms with Crippen LogP contribution in [0.25, 0.3) is 0 Å². The normalized spacial score (nSPS) is 26.1. The lowest BCUT2D eigenvalue weighted by Crippen LogP contribution is -2.28. The molecule has 1 amide bonds. The van der Waals surface area contributed by atoms with Crippen LogP contribution in [0, 0.1) is 0 Å². The fraction of sp³-hybridized carbons (Fsp3) is 0.667. The molecule has 0 radical (unpaired) electrons. The van der Waals surface area contributed by atoms with Crippen LogP contribution in [-0.2, 0) is 4.79 Å². The fourth-order valence-electron chi connectivity index (χ4n) is 2.84. The fourth-order valence-corrected chi connectivity index (χ4v) is 3.11. The molecule has 4 nitrogen and oxygen atoms in total. The predicted molar refractivity (Wildman–Crippen MR) is 66.3 cm³/mol. The van der Waals surface area contributed by atoms with Gasteiger partial charge in [-0.1, -0.05) is 12.8 Å². The maximum Gasteiger partial charge on any atom is 0.229 e. The Morgan fingerprint density at radius 2 is 2.12 bits per heavy atom. The van der Waals surface area contributed by atoms with Gasteiger partial charge in [-0.2, -0.15) is 5.10 Å². The minimum absolute atomic E-state index is 0.0607. The summed E-state index contributed by atoms with van der Waals surface area (Å²) in [6.07, 6.45) is 7.08. The topological polar surface area (TPSA) is 38.1 Å². The van der Waals surface area contributed by atoms with Crippen molar-refractivity contribution in [3.8, 4) is 0 Å². The number of amides is 1. The molecule has 1 aliphatic carbocycles. The molecule has 1 aromatic rings. The van der Waals surface area contributed by atoms with Crippen molar-refractivity contribution in [2.45, 2.75) is 43.5 Å². The van der Waals surface area contributed by atoms with E-state index >= 15 is 0 Å². The van der Waals surface area contributed by atoms with Crippen LogP contribution < -0.4 is 4.90 Å². The standard InChI is InChI=1S/C12H16ClN3O/c13-9-7-12(17)15(8-9)11-5-6-14-16(11)10-3-1-2-4-10/h5-6,9-10H,1-4,7-8H2. The third-order valence-corrected chi connectivity index (χ3v) is 3.97. The van der Waals surface area contributed by atoms with Gasteiger partial charge in [0.25, 0.3) is 0 Å². The molecule has 5 heteroatoms. The van der Waals surface area contributed by atoms with E-state index < -0.39 is 0 Å². The zero-order valence-corrected chi connectivity index (χ0v) is 10.4. The zero-order valence-electron chi connectivity index (χ0n) is 9.68. The molecule has 17 heavy (non-hydrogen) atoms. The second kappa shape index (κ2) is 4.33. The van der Waals surface area contributed by atoms with Gasteiger partial charge in [-0.15, -0.1) is 11.6 Å². The lowest BCUT2D eigenvalue weighted by Gasteiger charge is -2.20. The number of halogens is 1. The van der Waals surface area contributed by atoms with Crippen LogP contribution in [0.5, 0.6) is 0 Å². The largest absolute Gasteiger partial charge is 0.295 e. The Balaban J connectivity index is 1.88. The molecule has 92 valence electrons. The van der Waals surface area contributed by atoms with Crippen molar-refractivity contribution >= 4 is 23.3 Å². The number of aromatic nitrogens is 2. The summed E-state index contributed by atoms with van der Waals surface area (Å²) in [5.74, 6) is 1.04. The van der Waals surface area contributed by atoms with E-state index in [1.807, 2.05) is 10.7 Å². The van der Waals surface area contributed by atoms with Gasteiger partial charge in [0.2, 0.25) is 5.91 Å². The number of nitrogens with zero attached hydrogens (tertiary/aromatic N) is 3. The van der Waals surface area contributed by atoms with Gasteiger partial charge >= 0.3 is 0 Å². The van der Waals surface area contributed by atoms with Gasteiger partial charge < -0.3 is 0 Å². The third kappa shape index (κ3) is 1.95. The highest BCUT2D eigenvalue weighted by molar-refractivity contribution is 6.24. The van der Waals surface area contributed by atoms with Crippen molar-refractivity contribution in [2.24, 2.45) is 0 Å². The molecule has 2 heterocycles. The Morgan fingerprint density at radius 1 is 1.35 bits per heavy atom. The Morgan fingerprint density at radius 3 is 2.76 bits per heavy atom. The van der Waals surface area contributed by atoms with Crippen molar-refractivity contribution in [1.82, 2.24) is 9.78 Å². The summed E-state index contributed by atoms with van der Waals surface area (Å²) in [5.41, 5.74) is 0. The predicted octanol–water partition coefficient (Wildman–Crippen LogP) is 2.34. The van der Waals surface area contributed by atoms with Crippen LogP contribution in [0.1, 0.15) is 38.1 Å². The molecule has 3 rings (SSSR count). The van der Waals surface area contributed by atoms with Crippen LogP contribution in [0.4, 0.5) is 5.82 Å². The number of carbonyl (C=O) groups is 1. The Labute approximate surface area is 106 Å². The van der Waals surface area contributed by atoms with Gasteiger partial charge in [0, 0.05) is 19.0 Å². The number of alkyl halides is 1. The number of hydrogen-bond donors (Lipinski definition) is 0. The first-order chi connectivity index (χ1) is 8.25. The molecule has 2 fully saturated rings. The maximum atomic E-state index is 11.9. The van der Waals surface area contributed by atoms with Crippen molar-refractivity contribution in [3.63, 3.8) is 0 Å². The minimum atomic E-state index is -0.0607. The first-order valence-corrected chi connectivity index (χ1v) is 6.67. The molecule has 1 aliphatic heterocycles. The van der Waals surface area contributed by atoms with E-state index in [0.29, 0.717) is 19.0 Å². The second-order valence-corrected chi connectivity index (χ2v) is 5.50. The van der Waals surface area contributed by atoms with Gasteiger partial charge in [0.15, 0.2) is 0 Å². The van der Waals surface area contributed by atoms with E-state index in [1.165, 1.54) is 25.7 Å². The number of carbonyl (C=O) groups excluding carboxylic acids is 1. The molecule has 0 aromatic carbocycles. The molecule has 1 unspecified atom stereocenters. The van der Waals surface area contributed by atoms with Crippen molar-refractivity contribution in [3.05, 3.63) is 12.3 Å². The first-order valence-electron chi connectivity index (χ1n) is 6.23. The second-order valence-electron chi connectivity index (χ2n) is 4.88. The van der Waals surface area contributed by atoms with E-state index in [9.17, 15) is 4.79 Å². The van der Waals surface area contributed by atoms with Crippen molar-refractivity contribution in [1.29, 1.82) is 0 Å². The van der Waals surface area contributed by atoms with E-state index in [0.717, 1.165) is 5.82 Å². The van der Waals surface area contributed by atoms with E-state index in [1.54, 1.807) is 11.1 Å². The highest BCUT2D eigenvalue weighted by Crippen LogP contribution is 2.33. The molecular weight excluding hydrogens is 238 g/mol. The van der Waals surface area contributed by atoms with E-state index in [4.69, 9.17) is 11.6 Å². The molecule has 1 saturated heterocycles. The number of anilines is 1. The zero-order chi connectivity index (χ0) is 11.8. The molecule has 1 saturated carbocycles. The van der Waals surface area contributed by atoms with Gasteiger partial charge in [0.05, 0.1) is 17.6 Å². The third-order valence-electron chi connectivity index (χ3n) is 3.67. The summed E-state index contributed by atoms with van der Waals surface area (Å²) < 4.78 is 2.01. The quantitative estimate of drug-likeness (QED) is 0.759. The van der Waals surface area contributed by atoms with Crippen LogP contribution in [-0.4, -0.2) is 27.6 Å². The van der Waals surface area contributed by atoms with Gasteiger partial charge in [-0.3, -0.25) is 9.69 Å². The van der Waals surface area contributed by atoms with Crippen LogP contribution >= 0.6 is 11.6 Å². The first kappa shape index (κ1) is 11.1. The monoisotopic (exact) mass is 253 g/mol. The highest BCUT2D eigenvalue weighted by atomic mass is 35.5. The lowest BCUT2D eigenvalue weighted by molar-refractivity contribution is -0.117. The van der Waals surface area contributed by atoms with Gasteiger partial charge in [-0.05, 0) is 12.8 Å². The highest BCUT2D eigenvalue weighted by Gasteiger charge is 2.32. The Bertz CT molecular complexity index is 425. The van der Waals surface area contributed by atoms with Crippen molar-refractivity contribution < 1.29 is 4.79 Å². The average Bonchev–Trinajstić information content (AvgIpc) is 2.97. The summed E-state index contributed by atoms with van der Waals surface area (Å²) in [7, 11) is 0. The summed E-state index contributed by atoms with van der Waals surface area (Å²) in [5, 5.41) is 4.32. The smallest absolute Gasteiger partial charge is 0.229 e. The molecule has 1 atom stereocenters. The summed E-state index contributed by atoms with van der Waals surface area (Å²) in [4.78, 5) is 13.6. The van der Waals surface area contributed by atoms with Gasteiger partial charge in [0.1, 0.15) is 5.82 Å². The lowest BCUT2D eigenvalue weighted by atomic mass is 10.2. The maximum absolute atomic E-state index is 11.9. The summed E-state index contributed by atoms with van der Waals surface area (Å²) in [6.45, 7) is 0.610.